The number of hydrogen-bond acceptors (Lipinski definition) is 5. The summed E-state index contributed by atoms with van der Waals surface area (Å²) in [6, 6.07) is 15.4. The van der Waals surface area contributed by atoms with Gasteiger partial charge in [0.25, 0.3) is 5.89 Å². The zero-order valence-corrected chi connectivity index (χ0v) is 13.7. The van der Waals surface area contributed by atoms with E-state index in [1.165, 1.54) is 5.56 Å². The minimum atomic E-state index is -0.322. The average Bonchev–Trinajstić information content (AvgIpc) is 3.06. The predicted octanol–water partition coefficient (Wildman–Crippen LogP) is 3.64. The zero-order chi connectivity index (χ0) is 16.9. The van der Waals surface area contributed by atoms with Crippen molar-refractivity contribution in [1.29, 1.82) is 0 Å². The number of nitrogens with zero attached hydrogens (tertiary/aromatic N) is 2. The summed E-state index contributed by atoms with van der Waals surface area (Å²) in [5, 5.41) is 3.89. The molecule has 3 aromatic rings. The third-order valence-corrected chi connectivity index (χ3v) is 3.78. The highest BCUT2D eigenvalue weighted by Crippen LogP contribution is 2.15. The van der Waals surface area contributed by atoms with Crippen LogP contribution in [0.25, 0.3) is 11.4 Å². The molecule has 122 valence electrons. The Morgan fingerprint density at radius 2 is 1.88 bits per heavy atom. The van der Waals surface area contributed by atoms with Crippen molar-refractivity contribution < 1.29 is 14.1 Å². The Kier molecular flexibility index (Phi) is 4.70. The molecule has 0 amide bonds. The second kappa shape index (κ2) is 7.08. The van der Waals surface area contributed by atoms with Gasteiger partial charge in [-0.05, 0) is 30.5 Å². The highest BCUT2D eigenvalue weighted by atomic mass is 16.6. The summed E-state index contributed by atoms with van der Waals surface area (Å²) in [5.74, 6) is 0.441. The third-order valence-electron chi connectivity index (χ3n) is 3.78. The number of carbonyl (C=O) groups excluding carboxylic acids is 1. The molecule has 0 fully saturated rings. The number of carbonyl (C=O) groups is 1. The number of rotatable bonds is 5. The van der Waals surface area contributed by atoms with Gasteiger partial charge in [-0.3, -0.25) is 4.79 Å². The maximum atomic E-state index is 11.9. The molecule has 0 radical (unpaired) electrons. The lowest BCUT2D eigenvalue weighted by atomic mass is 10.0. The number of hydrogen-bond donors (Lipinski definition) is 0. The molecule has 3 rings (SSSR count). The number of esters is 1. The van der Waals surface area contributed by atoms with Crippen LogP contribution in [0.4, 0.5) is 0 Å². The zero-order valence-electron chi connectivity index (χ0n) is 13.7. The third kappa shape index (κ3) is 3.87. The first-order valence-electron chi connectivity index (χ1n) is 7.71. The van der Waals surface area contributed by atoms with Gasteiger partial charge in [0, 0.05) is 5.56 Å². The molecule has 1 aromatic heterocycles. The van der Waals surface area contributed by atoms with Gasteiger partial charge >= 0.3 is 5.97 Å². The summed E-state index contributed by atoms with van der Waals surface area (Å²) < 4.78 is 10.3. The summed E-state index contributed by atoms with van der Waals surface area (Å²) in [6.07, 6.45) is 0.223. The quantitative estimate of drug-likeness (QED) is 0.671. The maximum Gasteiger partial charge on any atom is 0.310 e. The van der Waals surface area contributed by atoms with Crippen LogP contribution in [0.15, 0.2) is 53.1 Å². The number of ether oxygens (including phenoxy) is 1. The van der Waals surface area contributed by atoms with E-state index in [-0.39, 0.29) is 24.9 Å². The minimum absolute atomic E-state index is 0.0243. The second-order valence-corrected chi connectivity index (χ2v) is 5.63. The molecule has 5 nitrogen and oxygen atoms in total. The molecule has 0 unspecified atom stereocenters. The van der Waals surface area contributed by atoms with Gasteiger partial charge in [0.1, 0.15) is 0 Å². The molecule has 0 saturated heterocycles. The van der Waals surface area contributed by atoms with Gasteiger partial charge in [0.05, 0.1) is 6.42 Å². The Bertz CT molecular complexity index is 841. The van der Waals surface area contributed by atoms with Crippen molar-refractivity contribution in [3.05, 3.63) is 71.1 Å². The molecular weight excluding hydrogens is 304 g/mol. The van der Waals surface area contributed by atoms with Gasteiger partial charge in [0.15, 0.2) is 6.61 Å². The Morgan fingerprint density at radius 1 is 1.08 bits per heavy atom. The predicted molar refractivity (Wildman–Crippen MR) is 89.2 cm³/mol. The summed E-state index contributed by atoms with van der Waals surface area (Å²) in [6.45, 7) is 4.04. The van der Waals surface area contributed by atoms with Gasteiger partial charge in [0.2, 0.25) is 5.82 Å². The highest BCUT2D eigenvalue weighted by Gasteiger charge is 2.11. The van der Waals surface area contributed by atoms with E-state index in [0.29, 0.717) is 5.82 Å². The lowest BCUT2D eigenvalue weighted by molar-refractivity contribution is -0.144. The van der Waals surface area contributed by atoms with Crippen LogP contribution >= 0.6 is 0 Å². The van der Waals surface area contributed by atoms with Crippen molar-refractivity contribution in [2.75, 3.05) is 0 Å². The van der Waals surface area contributed by atoms with Crippen LogP contribution in [0.5, 0.6) is 0 Å². The van der Waals surface area contributed by atoms with Crippen LogP contribution in [0.3, 0.4) is 0 Å². The largest absolute Gasteiger partial charge is 0.455 e. The molecule has 0 atom stereocenters. The van der Waals surface area contributed by atoms with Crippen molar-refractivity contribution >= 4 is 5.97 Å². The van der Waals surface area contributed by atoms with Crippen molar-refractivity contribution in [1.82, 2.24) is 10.1 Å². The molecule has 0 aliphatic rings. The van der Waals surface area contributed by atoms with Crippen LogP contribution in [0, 0.1) is 13.8 Å². The summed E-state index contributed by atoms with van der Waals surface area (Å²) >= 11 is 0. The minimum Gasteiger partial charge on any atom is -0.455 e. The lowest BCUT2D eigenvalue weighted by Gasteiger charge is -2.05. The highest BCUT2D eigenvalue weighted by molar-refractivity contribution is 5.72. The molecule has 1 heterocycles. The molecule has 0 aliphatic carbocycles. The van der Waals surface area contributed by atoms with E-state index in [1.807, 2.05) is 62.4 Å². The molecule has 5 heteroatoms. The van der Waals surface area contributed by atoms with Gasteiger partial charge in [-0.1, -0.05) is 53.7 Å². The maximum absolute atomic E-state index is 11.9. The summed E-state index contributed by atoms with van der Waals surface area (Å²) in [5.41, 5.74) is 4.14. The normalized spacial score (nSPS) is 10.6. The van der Waals surface area contributed by atoms with Gasteiger partial charge in [-0.25, -0.2) is 0 Å². The molecule has 0 spiro atoms. The van der Waals surface area contributed by atoms with Crippen LogP contribution in [0.1, 0.15) is 22.6 Å². The summed E-state index contributed by atoms with van der Waals surface area (Å²) in [7, 11) is 0. The van der Waals surface area contributed by atoms with Gasteiger partial charge in [-0.2, -0.15) is 4.98 Å². The van der Waals surface area contributed by atoms with Gasteiger partial charge in [-0.15, -0.1) is 0 Å². The molecule has 0 saturated carbocycles. The Balaban J connectivity index is 1.56. The molecule has 2 aromatic carbocycles. The number of aryl methyl sites for hydroxylation is 2. The Labute approximate surface area is 140 Å². The van der Waals surface area contributed by atoms with Crippen LogP contribution in [-0.2, 0) is 22.6 Å². The van der Waals surface area contributed by atoms with E-state index in [4.69, 9.17) is 9.26 Å². The fourth-order valence-corrected chi connectivity index (χ4v) is 2.29. The van der Waals surface area contributed by atoms with Crippen LogP contribution in [-0.4, -0.2) is 16.1 Å². The fraction of sp³-hybridized carbons (Fsp3) is 0.211. The topological polar surface area (TPSA) is 65.2 Å². The van der Waals surface area contributed by atoms with E-state index < -0.39 is 0 Å². The van der Waals surface area contributed by atoms with E-state index in [2.05, 4.69) is 10.1 Å². The van der Waals surface area contributed by atoms with Crippen LogP contribution in [0.2, 0.25) is 0 Å². The van der Waals surface area contributed by atoms with Crippen molar-refractivity contribution in [2.24, 2.45) is 0 Å². The van der Waals surface area contributed by atoms with E-state index >= 15 is 0 Å². The molecule has 0 aliphatic heterocycles. The number of benzene rings is 2. The Morgan fingerprint density at radius 3 is 2.62 bits per heavy atom. The number of aromatic nitrogens is 2. The molecule has 0 N–H and O–H groups in total. The van der Waals surface area contributed by atoms with Crippen molar-refractivity contribution in [3.63, 3.8) is 0 Å². The molecule has 0 bridgehead atoms. The first-order valence-corrected chi connectivity index (χ1v) is 7.71. The monoisotopic (exact) mass is 322 g/mol. The van der Waals surface area contributed by atoms with E-state index in [9.17, 15) is 4.79 Å². The van der Waals surface area contributed by atoms with Crippen LogP contribution < -0.4 is 0 Å². The van der Waals surface area contributed by atoms with Crippen molar-refractivity contribution in [2.45, 2.75) is 26.9 Å². The second-order valence-electron chi connectivity index (χ2n) is 5.63. The molecule has 24 heavy (non-hydrogen) atoms. The van der Waals surface area contributed by atoms with Gasteiger partial charge < -0.3 is 9.26 Å². The SMILES string of the molecule is Cc1ccc(CC(=O)OCc2nc(-c3ccccc3)no2)cc1C. The fourth-order valence-electron chi connectivity index (χ4n) is 2.29. The Hall–Kier alpha value is -2.95. The lowest BCUT2D eigenvalue weighted by Crippen LogP contribution is -2.08. The van der Waals surface area contributed by atoms with Crippen molar-refractivity contribution in [3.8, 4) is 11.4 Å². The smallest absolute Gasteiger partial charge is 0.310 e. The van der Waals surface area contributed by atoms with E-state index in [0.717, 1.165) is 16.7 Å². The average molecular weight is 322 g/mol. The summed E-state index contributed by atoms with van der Waals surface area (Å²) in [4.78, 5) is 16.2. The standard InChI is InChI=1S/C19H18N2O3/c1-13-8-9-15(10-14(13)2)11-18(22)23-12-17-20-19(21-24-17)16-6-4-3-5-7-16/h3-10H,11-12H2,1-2H3. The van der Waals surface area contributed by atoms with E-state index in [1.54, 1.807) is 0 Å². The first kappa shape index (κ1) is 15.9. The first-order chi connectivity index (χ1) is 11.6. The molecular formula is C19H18N2O3.